The molecule has 0 saturated carbocycles. The van der Waals surface area contributed by atoms with Gasteiger partial charge in [-0.15, -0.1) is 0 Å². The Morgan fingerprint density at radius 1 is 0.759 bits per heavy atom. The van der Waals surface area contributed by atoms with E-state index in [4.69, 9.17) is 0 Å². The summed E-state index contributed by atoms with van der Waals surface area (Å²) in [6.07, 6.45) is 0. The smallest absolute Gasteiger partial charge is 0.236 e. The maximum absolute atomic E-state index is 12.8. The molecule has 154 valence electrons. The van der Waals surface area contributed by atoms with Crippen molar-refractivity contribution in [3.05, 3.63) is 65.7 Å². The van der Waals surface area contributed by atoms with Gasteiger partial charge in [-0.1, -0.05) is 42.5 Å². The highest BCUT2D eigenvalue weighted by Crippen LogP contribution is 2.16. The van der Waals surface area contributed by atoms with Crippen molar-refractivity contribution >= 4 is 11.6 Å². The van der Waals surface area contributed by atoms with Gasteiger partial charge in [-0.05, 0) is 30.2 Å². The molecule has 0 atom stereocenters. The molecular formula is C24H32N4O. The summed E-state index contributed by atoms with van der Waals surface area (Å²) in [5.74, 6) is 0.286. The Bertz CT molecular complexity index is 794. The number of aryl methyl sites for hydroxylation is 1. The zero-order valence-corrected chi connectivity index (χ0v) is 17.5. The quantitative estimate of drug-likeness (QED) is 0.782. The van der Waals surface area contributed by atoms with Gasteiger partial charge in [-0.2, -0.15) is 0 Å². The Morgan fingerprint density at radius 3 is 2.07 bits per heavy atom. The highest BCUT2D eigenvalue weighted by Gasteiger charge is 2.25. The van der Waals surface area contributed by atoms with Crippen LogP contribution in [0.3, 0.4) is 0 Å². The van der Waals surface area contributed by atoms with Crippen LogP contribution in [0.5, 0.6) is 0 Å². The van der Waals surface area contributed by atoms with Crippen LogP contribution < -0.4 is 4.90 Å². The summed E-state index contributed by atoms with van der Waals surface area (Å²) in [5.41, 5.74) is 4.02. The summed E-state index contributed by atoms with van der Waals surface area (Å²) in [7, 11) is 0. The summed E-state index contributed by atoms with van der Waals surface area (Å²) in [6, 6.07) is 19.1. The van der Waals surface area contributed by atoms with Crippen molar-refractivity contribution in [1.82, 2.24) is 14.7 Å². The number of rotatable bonds is 5. The fourth-order valence-electron chi connectivity index (χ4n) is 4.28. The van der Waals surface area contributed by atoms with Crippen molar-refractivity contribution in [2.24, 2.45) is 0 Å². The van der Waals surface area contributed by atoms with Gasteiger partial charge in [0.15, 0.2) is 0 Å². The molecule has 0 unspecified atom stereocenters. The highest BCUT2D eigenvalue weighted by molar-refractivity contribution is 5.78. The standard InChI is InChI=1S/C24H32N4O/c1-21-7-5-6-8-22(21)19-25-13-17-28(18-14-25)24(29)20-26-11-15-27(16-12-26)23-9-3-2-4-10-23/h2-10H,11-20H2,1H3. The van der Waals surface area contributed by atoms with Crippen LogP contribution in [0.15, 0.2) is 54.6 Å². The van der Waals surface area contributed by atoms with E-state index in [2.05, 4.69) is 81.1 Å². The number of carbonyl (C=O) groups excluding carboxylic acids is 1. The molecule has 0 N–H and O–H groups in total. The van der Waals surface area contributed by atoms with Crippen LogP contribution in [-0.4, -0.2) is 79.5 Å². The van der Waals surface area contributed by atoms with Crippen molar-refractivity contribution in [2.75, 3.05) is 63.8 Å². The summed E-state index contributed by atoms with van der Waals surface area (Å²) >= 11 is 0. The highest BCUT2D eigenvalue weighted by atomic mass is 16.2. The van der Waals surface area contributed by atoms with Crippen molar-refractivity contribution in [1.29, 1.82) is 0 Å². The van der Waals surface area contributed by atoms with Crippen LogP contribution in [0.2, 0.25) is 0 Å². The van der Waals surface area contributed by atoms with E-state index in [1.165, 1.54) is 16.8 Å². The topological polar surface area (TPSA) is 30.0 Å². The van der Waals surface area contributed by atoms with Crippen LogP contribution in [0, 0.1) is 6.92 Å². The summed E-state index contributed by atoms with van der Waals surface area (Å²) in [6.45, 7) is 11.2. The number of amides is 1. The third kappa shape index (κ3) is 5.17. The lowest BCUT2D eigenvalue weighted by Crippen LogP contribution is -2.53. The molecule has 2 saturated heterocycles. The predicted molar refractivity (Wildman–Crippen MR) is 118 cm³/mol. The molecule has 0 aliphatic carbocycles. The minimum Gasteiger partial charge on any atom is -0.369 e. The van der Waals surface area contributed by atoms with Crippen LogP contribution in [0.4, 0.5) is 5.69 Å². The molecule has 2 aliphatic heterocycles. The summed E-state index contributed by atoms with van der Waals surface area (Å²) in [4.78, 5) is 22.0. The van der Waals surface area contributed by atoms with Crippen molar-refractivity contribution in [3.8, 4) is 0 Å². The third-order valence-corrected chi connectivity index (χ3v) is 6.23. The lowest BCUT2D eigenvalue weighted by Gasteiger charge is -2.38. The van der Waals surface area contributed by atoms with Gasteiger partial charge in [0.25, 0.3) is 0 Å². The van der Waals surface area contributed by atoms with Gasteiger partial charge in [-0.25, -0.2) is 0 Å². The van der Waals surface area contributed by atoms with Crippen molar-refractivity contribution < 1.29 is 4.79 Å². The number of benzene rings is 2. The Kier molecular flexibility index (Phi) is 6.47. The van der Waals surface area contributed by atoms with Crippen molar-refractivity contribution in [2.45, 2.75) is 13.5 Å². The third-order valence-electron chi connectivity index (χ3n) is 6.23. The lowest BCUT2D eigenvalue weighted by molar-refractivity contribution is -0.134. The minimum absolute atomic E-state index is 0.286. The molecule has 4 rings (SSSR count). The summed E-state index contributed by atoms with van der Waals surface area (Å²) in [5, 5.41) is 0. The molecule has 1 amide bonds. The maximum atomic E-state index is 12.8. The molecule has 0 bridgehead atoms. The fourth-order valence-corrected chi connectivity index (χ4v) is 4.28. The monoisotopic (exact) mass is 392 g/mol. The number of hydrogen-bond acceptors (Lipinski definition) is 4. The zero-order valence-electron chi connectivity index (χ0n) is 17.5. The molecule has 2 aromatic carbocycles. The maximum Gasteiger partial charge on any atom is 0.236 e. The first-order valence-electron chi connectivity index (χ1n) is 10.8. The second kappa shape index (κ2) is 9.42. The summed E-state index contributed by atoms with van der Waals surface area (Å²) < 4.78 is 0. The molecule has 29 heavy (non-hydrogen) atoms. The number of carbonyl (C=O) groups is 1. The molecule has 5 heteroatoms. The minimum atomic E-state index is 0.286. The molecule has 0 spiro atoms. The van der Waals surface area contributed by atoms with Gasteiger partial charge in [0.1, 0.15) is 0 Å². The van der Waals surface area contributed by atoms with Crippen LogP contribution in [0.1, 0.15) is 11.1 Å². The Hall–Kier alpha value is -2.37. The molecule has 2 fully saturated rings. The second-order valence-corrected chi connectivity index (χ2v) is 8.18. The van der Waals surface area contributed by atoms with E-state index >= 15 is 0 Å². The average Bonchev–Trinajstić information content (AvgIpc) is 2.77. The number of para-hydroxylation sites is 1. The largest absolute Gasteiger partial charge is 0.369 e. The molecular weight excluding hydrogens is 360 g/mol. The first kappa shape index (κ1) is 19.9. The first-order valence-corrected chi connectivity index (χ1v) is 10.8. The number of piperazine rings is 2. The normalized spacial score (nSPS) is 18.8. The van der Waals surface area contributed by atoms with Crippen LogP contribution in [-0.2, 0) is 11.3 Å². The Balaban J connectivity index is 1.20. The number of nitrogens with zero attached hydrogens (tertiary/aromatic N) is 4. The van der Waals surface area contributed by atoms with Gasteiger partial charge < -0.3 is 9.80 Å². The second-order valence-electron chi connectivity index (χ2n) is 8.18. The SMILES string of the molecule is Cc1ccccc1CN1CCN(C(=O)CN2CCN(c3ccccc3)CC2)CC1. The molecule has 0 radical (unpaired) electrons. The van der Waals surface area contributed by atoms with Gasteiger partial charge in [-0.3, -0.25) is 14.6 Å². The molecule has 2 aliphatic rings. The van der Waals surface area contributed by atoms with E-state index in [1.54, 1.807) is 0 Å². The number of hydrogen-bond donors (Lipinski definition) is 0. The lowest BCUT2D eigenvalue weighted by atomic mass is 10.1. The first-order chi connectivity index (χ1) is 14.2. The van der Waals surface area contributed by atoms with Crippen molar-refractivity contribution in [3.63, 3.8) is 0 Å². The van der Waals surface area contributed by atoms with E-state index < -0.39 is 0 Å². The Labute approximate surface area is 174 Å². The van der Waals surface area contributed by atoms with E-state index in [-0.39, 0.29) is 5.91 Å². The predicted octanol–water partition coefficient (Wildman–Crippen LogP) is 2.46. The van der Waals surface area contributed by atoms with Crippen LogP contribution in [0.25, 0.3) is 0 Å². The molecule has 0 aromatic heterocycles. The van der Waals surface area contributed by atoms with Gasteiger partial charge >= 0.3 is 0 Å². The Morgan fingerprint density at radius 2 is 1.38 bits per heavy atom. The van der Waals surface area contributed by atoms with Crippen LogP contribution >= 0.6 is 0 Å². The van der Waals surface area contributed by atoms with E-state index in [9.17, 15) is 4.79 Å². The molecule has 2 heterocycles. The van der Waals surface area contributed by atoms with Gasteiger partial charge in [0.2, 0.25) is 5.91 Å². The fraction of sp³-hybridized carbons (Fsp3) is 0.458. The van der Waals surface area contributed by atoms with Gasteiger partial charge in [0.05, 0.1) is 6.54 Å². The molecule has 2 aromatic rings. The van der Waals surface area contributed by atoms with E-state index in [0.717, 1.165) is 58.9 Å². The van der Waals surface area contributed by atoms with E-state index in [0.29, 0.717) is 6.54 Å². The van der Waals surface area contributed by atoms with E-state index in [1.807, 2.05) is 0 Å². The molecule has 5 nitrogen and oxygen atoms in total. The zero-order chi connectivity index (χ0) is 20.1. The average molecular weight is 393 g/mol. The number of anilines is 1. The van der Waals surface area contributed by atoms with Gasteiger partial charge in [0, 0.05) is 64.6 Å².